The molecule has 1 amide bonds. The summed E-state index contributed by atoms with van der Waals surface area (Å²) in [5.41, 5.74) is 0.456. The lowest BCUT2D eigenvalue weighted by molar-refractivity contribution is -0.140. The molecule has 1 saturated heterocycles. The molecular weight excluding hydrogens is 230 g/mol. The van der Waals surface area contributed by atoms with Crippen LogP contribution in [0.4, 0.5) is 0 Å². The molecule has 16 heavy (non-hydrogen) atoms. The molecule has 1 aliphatic rings. The Hall–Kier alpha value is -1.55. The number of nitrogens with zero attached hydrogens (tertiary/aromatic N) is 1. The molecule has 1 unspecified atom stereocenters. The number of benzene rings is 1. The molecule has 1 atom stereocenters. The van der Waals surface area contributed by atoms with Crippen LogP contribution in [-0.2, 0) is 9.53 Å². The average molecular weight is 240 g/mol. The molecule has 0 aromatic heterocycles. The smallest absolute Gasteiger partial charge is 0.330 e. The van der Waals surface area contributed by atoms with Crippen molar-refractivity contribution in [1.82, 2.24) is 4.42 Å². The van der Waals surface area contributed by atoms with Crippen LogP contribution in [0.5, 0.6) is 0 Å². The summed E-state index contributed by atoms with van der Waals surface area (Å²) in [5.74, 6) is -0.828. The van der Waals surface area contributed by atoms with E-state index in [1.54, 1.807) is 30.3 Å². The number of carbonyl (C=O) groups excluding carboxylic acids is 2. The molecule has 1 aromatic carbocycles. The Morgan fingerprint density at radius 3 is 2.62 bits per heavy atom. The van der Waals surface area contributed by atoms with E-state index >= 15 is 0 Å². The van der Waals surface area contributed by atoms with Gasteiger partial charge in [0.25, 0.3) is 5.91 Å². The van der Waals surface area contributed by atoms with Crippen LogP contribution in [0.1, 0.15) is 16.8 Å². The maximum atomic E-state index is 11.9. The van der Waals surface area contributed by atoms with Gasteiger partial charge in [0, 0.05) is 23.8 Å². The maximum Gasteiger partial charge on any atom is 0.330 e. The number of esters is 1. The molecule has 1 aromatic rings. The predicted molar refractivity (Wildman–Crippen MR) is 57.8 cm³/mol. The number of hydrogen-bond acceptors (Lipinski definition) is 3. The van der Waals surface area contributed by atoms with E-state index in [1.807, 2.05) is 0 Å². The first-order valence-electron chi connectivity index (χ1n) is 4.91. The van der Waals surface area contributed by atoms with Gasteiger partial charge in [-0.05, 0) is 12.1 Å². The van der Waals surface area contributed by atoms with Crippen LogP contribution >= 0.6 is 11.8 Å². The Labute approximate surface area is 97.9 Å². The van der Waals surface area contributed by atoms with Crippen molar-refractivity contribution in [2.24, 2.45) is 0 Å². The first-order valence-corrected chi connectivity index (χ1v) is 5.25. The van der Waals surface area contributed by atoms with E-state index < -0.39 is 12.0 Å². The Balaban J connectivity index is 2.13. The summed E-state index contributed by atoms with van der Waals surface area (Å²) < 4.78 is 5.68. The SMILES string of the molecule is O=C1OCCC1N(Cl)C(=O)c1ccccc1. The lowest BCUT2D eigenvalue weighted by Crippen LogP contribution is -2.35. The summed E-state index contributed by atoms with van der Waals surface area (Å²) in [6.07, 6.45) is 0.445. The third kappa shape index (κ3) is 2.02. The van der Waals surface area contributed by atoms with E-state index in [4.69, 9.17) is 16.5 Å². The van der Waals surface area contributed by atoms with Gasteiger partial charge in [-0.3, -0.25) is 4.79 Å². The maximum absolute atomic E-state index is 11.9. The number of hydrogen-bond donors (Lipinski definition) is 0. The number of cyclic esters (lactones) is 1. The second kappa shape index (κ2) is 4.53. The van der Waals surface area contributed by atoms with Crippen LogP contribution in [0.15, 0.2) is 30.3 Å². The molecule has 1 fully saturated rings. The zero-order valence-corrected chi connectivity index (χ0v) is 9.18. The van der Waals surface area contributed by atoms with E-state index in [9.17, 15) is 9.59 Å². The van der Waals surface area contributed by atoms with Crippen molar-refractivity contribution in [2.75, 3.05) is 6.61 Å². The fraction of sp³-hybridized carbons (Fsp3) is 0.273. The topological polar surface area (TPSA) is 46.6 Å². The summed E-state index contributed by atoms with van der Waals surface area (Å²) in [6, 6.07) is 7.92. The van der Waals surface area contributed by atoms with Crippen molar-refractivity contribution >= 4 is 23.7 Å². The lowest BCUT2D eigenvalue weighted by Gasteiger charge is -2.17. The Morgan fingerprint density at radius 1 is 1.38 bits per heavy atom. The number of amides is 1. The summed E-state index contributed by atoms with van der Waals surface area (Å²) in [5, 5.41) is 0. The monoisotopic (exact) mass is 239 g/mol. The highest BCUT2D eigenvalue weighted by atomic mass is 35.5. The van der Waals surface area contributed by atoms with Crippen molar-refractivity contribution in [3.05, 3.63) is 35.9 Å². The van der Waals surface area contributed by atoms with Gasteiger partial charge >= 0.3 is 5.97 Å². The summed E-state index contributed by atoms with van der Waals surface area (Å²) in [4.78, 5) is 23.1. The van der Waals surface area contributed by atoms with Crippen LogP contribution in [-0.4, -0.2) is 28.9 Å². The second-order valence-corrected chi connectivity index (χ2v) is 3.82. The van der Waals surface area contributed by atoms with Crippen LogP contribution in [0, 0.1) is 0 Å². The summed E-state index contributed by atoms with van der Waals surface area (Å²) in [6.45, 7) is 0.314. The van der Waals surface area contributed by atoms with E-state index in [-0.39, 0.29) is 5.91 Å². The van der Waals surface area contributed by atoms with Crippen LogP contribution in [0.25, 0.3) is 0 Å². The summed E-state index contributed by atoms with van der Waals surface area (Å²) in [7, 11) is 0. The van der Waals surface area contributed by atoms with Crippen LogP contribution < -0.4 is 0 Å². The van der Waals surface area contributed by atoms with E-state index in [1.165, 1.54) is 0 Å². The van der Waals surface area contributed by atoms with Gasteiger partial charge in [0.15, 0.2) is 0 Å². The van der Waals surface area contributed by atoms with Crippen LogP contribution in [0.3, 0.4) is 0 Å². The molecule has 0 radical (unpaired) electrons. The quantitative estimate of drug-likeness (QED) is 0.582. The van der Waals surface area contributed by atoms with Gasteiger partial charge in [-0.25, -0.2) is 9.21 Å². The molecule has 84 valence electrons. The molecule has 0 bridgehead atoms. The fourth-order valence-electron chi connectivity index (χ4n) is 1.54. The van der Waals surface area contributed by atoms with Gasteiger partial charge in [-0.2, -0.15) is 0 Å². The second-order valence-electron chi connectivity index (χ2n) is 3.45. The fourth-order valence-corrected chi connectivity index (χ4v) is 1.81. The van der Waals surface area contributed by atoms with Crippen molar-refractivity contribution in [3.63, 3.8) is 0 Å². The third-order valence-corrected chi connectivity index (χ3v) is 2.79. The molecule has 0 spiro atoms. The molecule has 0 aliphatic carbocycles. The normalized spacial score (nSPS) is 19.3. The van der Waals surface area contributed by atoms with Gasteiger partial charge in [-0.15, -0.1) is 0 Å². The average Bonchev–Trinajstić information content (AvgIpc) is 2.75. The molecule has 4 nitrogen and oxygen atoms in total. The minimum absolute atomic E-state index is 0.314. The van der Waals surface area contributed by atoms with E-state index in [0.717, 1.165) is 4.42 Å². The number of carbonyl (C=O) groups is 2. The van der Waals surface area contributed by atoms with Gasteiger partial charge in [0.1, 0.15) is 6.04 Å². The minimum Gasteiger partial charge on any atom is -0.464 e. The van der Waals surface area contributed by atoms with Crippen molar-refractivity contribution in [2.45, 2.75) is 12.5 Å². The van der Waals surface area contributed by atoms with Gasteiger partial charge in [0.2, 0.25) is 0 Å². The zero-order chi connectivity index (χ0) is 11.5. The minimum atomic E-state index is -0.672. The highest BCUT2D eigenvalue weighted by Gasteiger charge is 2.34. The number of ether oxygens (including phenoxy) is 1. The molecule has 1 aliphatic heterocycles. The summed E-state index contributed by atoms with van der Waals surface area (Å²) >= 11 is 5.85. The molecule has 0 N–H and O–H groups in total. The van der Waals surface area contributed by atoms with Gasteiger partial charge in [0.05, 0.1) is 6.61 Å². The highest BCUT2D eigenvalue weighted by Crippen LogP contribution is 2.19. The van der Waals surface area contributed by atoms with Gasteiger partial charge < -0.3 is 4.74 Å². The molecular formula is C11H10ClNO3. The van der Waals surface area contributed by atoms with Crippen molar-refractivity contribution < 1.29 is 14.3 Å². The van der Waals surface area contributed by atoms with Crippen LogP contribution in [0.2, 0.25) is 0 Å². The molecule has 0 saturated carbocycles. The largest absolute Gasteiger partial charge is 0.464 e. The molecule has 5 heteroatoms. The van der Waals surface area contributed by atoms with Crippen molar-refractivity contribution in [1.29, 1.82) is 0 Å². The van der Waals surface area contributed by atoms with E-state index in [2.05, 4.69) is 0 Å². The Kier molecular flexibility index (Phi) is 3.10. The van der Waals surface area contributed by atoms with Crippen molar-refractivity contribution in [3.8, 4) is 0 Å². The molecule has 2 rings (SSSR count). The number of halogens is 1. The number of rotatable bonds is 2. The first-order chi connectivity index (χ1) is 7.70. The standard InChI is InChI=1S/C11H10ClNO3/c12-13(9-6-7-16-11(9)15)10(14)8-4-2-1-3-5-8/h1-5,9H,6-7H2. The Morgan fingerprint density at radius 2 is 2.06 bits per heavy atom. The van der Waals surface area contributed by atoms with Gasteiger partial charge in [-0.1, -0.05) is 18.2 Å². The van der Waals surface area contributed by atoms with E-state index in [0.29, 0.717) is 18.6 Å². The first kappa shape index (κ1) is 11.0. The third-order valence-electron chi connectivity index (χ3n) is 2.40. The molecule has 1 heterocycles. The zero-order valence-electron chi connectivity index (χ0n) is 8.43. The Bertz CT molecular complexity index is 407. The predicted octanol–water partition coefficient (Wildman–Crippen LogP) is 1.60. The highest BCUT2D eigenvalue weighted by molar-refractivity contribution is 6.25. The lowest BCUT2D eigenvalue weighted by atomic mass is 10.2.